The number of hydrogen-bond acceptors (Lipinski definition) is 5. The van der Waals surface area contributed by atoms with Crippen LogP contribution in [0, 0.1) is 12.8 Å². The molecule has 228 valence electrons. The van der Waals surface area contributed by atoms with Crippen molar-refractivity contribution < 1.29 is 24.2 Å². The molecule has 3 unspecified atom stereocenters. The summed E-state index contributed by atoms with van der Waals surface area (Å²) < 4.78 is 5.49. The normalized spacial score (nSPS) is 14.2. The molecule has 1 aromatic rings. The van der Waals surface area contributed by atoms with E-state index in [1.54, 1.807) is 50.8 Å². The van der Waals surface area contributed by atoms with E-state index < -0.39 is 29.3 Å². The average molecular weight is 562 g/mol. The standard InChI is InChI=1S/C32H55N3O5/c1-11-13-14-15-16-17-20-35(29(38)26(22(3)12-2)33-30(39)40-32(8,9)10)27(28(37)34-31(5,6)7)24-18-19-25(36)23(4)21-24/h18-19,21-22,26-27,36H,11-17,20H2,1-10H3,(H,33,39)(H,34,37). The SMILES string of the molecule is CCCCCCCCN(C(=O)C(NC(=O)OC(C)(C)C)C(C)CC)C(C(=O)NC(C)(C)C)c1ccc(O)c(C)c1. The average Bonchev–Trinajstić information content (AvgIpc) is 2.82. The number of rotatable bonds is 14. The van der Waals surface area contributed by atoms with Gasteiger partial charge in [-0.05, 0) is 84.1 Å². The van der Waals surface area contributed by atoms with Crippen LogP contribution in [-0.4, -0.2) is 51.6 Å². The summed E-state index contributed by atoms with van der Waals surface area (Å²) in [7, 11) is 0. The third-order valence-electron chi connectivity index (χ3n) is 6.78. The Bertz CT molecular complexity index is 964. The first kappa shape index (κ1) is 35.3. The maximum Gasteiger partial charge on any atom is 0.408 e. The summed E-state index contributed by atoms with van der Waals surface area (Å²) in [5.41, 5.74) is -0.0228. The van der Waals surface area contributed by atoms with Crippen molar-refractivity contribution in [2.24, 2.45) is 5.92 Å². The van der Waals surface area contributed by atoms with Crippen molar-refractivity contribution in [3.63, 3.8) is 0 Å². The third kappa shape index (κ3) is 12.2. The van der Waals surface area contributed by atoms with Gasteiger partial charge in [0.15, 0.2) is 0 Å². The van der Waals surface area contributed by atoms with E-state index in [4.69, 9.17) is 4.74 Å². The summed E-state index contributed by atoms with van der Waals surface area (Å²) in [6, 6.07) is 3.19. The van der Waals surface area contributed by atoms with E-state index in [1.165, 1.54) is 6.42 Å². The zero-order valence-electron chi connectivity index (χ0n) is 26.6. The van der Waals surface area contributed by atoms with Crippen molar-refractivity contribution in [3.05, 3.63) is 29.3 Å². The van der Waals surface area contributed by atoms with Crippen molar-refractivity contribution in [1.29, 1.82) is 0 Å². The maximum absolute atomic E-state index is 14.4. The zero-order chi connectivity index (χ0) is 30.7. The monoisotopic (exact) mass is 561 g/mol. The molecule has 0 fully saturated rings. The first-order valence-corrected chi connectivity index (χ1v) is 14.9. The van der Waals surface area contributed by atoms with Gasteiger partial charge in [-0.1, -0.05) is 65.4 Å². The molecule has 0 heterocycles. The van der Waals surface area contributed by atoms with Crippen molar-refractivity contribution in [2.75, 3.05) is 6.54 Å². The number of unbranched alkanes of at least 4 members (excludes halogenated alkanes) is 5. The Morgan fingerprint density at radius 1 is 0.975 bits per heavy atom. The topological polar surface area (TPSA) is 108 Å². The van der Waals surface area contributed by atoms with Crippen LogP contribution in [0.5, 0.6) is 5.75 Å². The van der Waals surface area contributed by atoms with Gasteiger partial charge in [0.1, 0.15) is 23.4 Å². The highest BCUT2D eigenvalue weighted by molar-refractivity contribution is 5.92. The minimum absolute atomic E-state index is 0.122. The van der Waals surface area contributed by atoms with Crippen LogP contribution in [-0.2, 0) is 14.3 Å². The highest BCUT2D eigenvalue weighted by Gasteiger charge is 2.38. The molecule has 3 atom stereocenters. The van der Waals surface area contributed by atoms with Gasteiger partial charge in [0.25, 0.3) is 0 Å². The Morgan fingerprint density at radius 2 is 1.57 bits per heavy atom. The number of nitrogens with zero attached hydrogens (tertiary/aromatic N) is 1. The van der Waals surface area contributed by atoms with E-state index in [9.17, 15) is 19.5 Å². The number of aryl methyl sites for hydroxylation is 1. The molecule has 0 radical (unpaired) electrons. The fourth-order valence-electron chi connectivity index (χ4n) is 4.48. The first-order chi connectivity index (χ1) is 18.5. The number of phenols is 1. The number of phenolic OH excluding ortho intramolecular Hbond substituents is 1. The summed E-state index contributed by atoms with van der Waals surface area (Å²) in [5.74, 6) is -0.706. The van der Waals surface area contributed by atoms with Gasteiger partial charge in [-0.25, -0.2) is 4.79 Å². The Morgan fingerprint density at radius 3 is 2.10 bits per heavy atom. The summed E-state index contributed by atoms with van der Waals surface area (Å²) in [4.78, 5) is 42.7. The lowest BCUT2D eigenvalue weighted by atomic mass is 9.94. The molecule has 0 aliphatic rings. The first-order valence-electron chi connectivity index (χ1n) is 14.9. The largest absolute Gasteiger partial charge is 0.508 e. The predicted molar refractivity (Wildman–Crippen MR) is 161 cm³/mol. The molecular weight excluding hydrogens is 506 g/mol. The van der Waals surface area contributed by atoms with Crippen LogP contribution in [0.4, 0.5) is 4.79 Å². The van der Waals surface area contributed by atoms with Gasteiger partial charge in [0.2, 0.25) is 11.8 Å². The second-order valence-electron chi connectivity index (χ2n) is 13.0. The van der Waals surface area contributed by atoms with E-state index in [2.05, 4.69) is 17.6 Å². The van der Waals surface area contributed by atoms with E-state index in [1.807, 2.05) is 34.6 Å². The Balaban J connectivity index is 3.56. The van der Waals surface area contributed by atoms with Gasteiger partial charge in [0, 0.05) is 12.1 Å². The predicted octanol–water partition coefficient (Wildman–Crippen LogP) is 6.78. The summed E-state index contributed by atoms with van der Waals surface area (Å²) in [6.07, 6.45) is 6.14. The smallest absolute Gasteiger partial charge is 0.408 e. The molecule has 8 nitrogen and oxygen atoms in total. The number of benzene rings is 1. The highest BCUT2D eigenvalue weighted by atomic mass is 16.6. The van der Waals surface area contributed by atoms with Crippen LogP contribution in [0.25, 0.3) is 0 Å². The maximum atomic E-state index is 14.4. The van der Waals surface area contributed by atoms with Gasteiger partial charge >= 0.3 is 6.09 Å². The molecule has 3 amide bonds. The number of hydrogen-bond donors (Lipinski definition) is 3. The molecule has 0 aliphatic heterocycles. The third-order valence-corrected chi connectivity index (χ3v) is 6.78. The molecule has 1 aromatic carbocycles. The van der Waals surface area contributed by atoms with Gasteiger partial charge in [-0.15, -0.1) is 0 Å². The molecule has 0 bridgehead atoms. The lowest BCUT2D eigenvalue weighted by Crippen LogP contribution is -2.56. The van der Waals surface area contributed by atoms with Gasteiger partial charge in [-0.3, -0.25) is 9.59 Å². The Kier molecular flexibility index (Phi) is 14.0. The van der Waals surface area contributed by atoms with Gasteiger partial charge < -0.3 is 25.4 Å². The number of carbonyl (C=O) groups excluding carboxylic acids is 3. The molecular formula is C32H55N3O5. The fourth-order valence-corrected chi connectivity index (χ4v) is 4.48. The summed E-state index contributed by atoms with van der Waals surface area (Å²) >= 11 is 0. The van der Waals surface area contributed by atoms with Crippen molar-refractivity contribution >= 4 is 17.9 Å². The minimum Gasteiger partial charge on any atom is -0.508 e. The lowest BCUT2D eigenvalue weighted by molar-refractivity contribution is -0.144. The van der Waals surface area contributed by atoms with E-state index in [-0.39, 0.29) is 23.5 Å². The highest BCUT2D eigenvalue weighted by Crippen LogP contribution is 2.29. The number of ether oxygens (including phenoxy) is 1. The Hall–Kier alpha value is -2.77. The molecule has 0 saturated carbocycles. The number of aromatic hydroxyl groups is 1. The van der Waals surface area contributed by atoms with Crippen LogP contribution in [0.3, 0.4) is 0 Å². The van der Waals surface area contributed by atoms with Crippen LogP contribution in [0.1, 0.15) is 124 Å². The minimum atomic E-state index is -0.936. The number of nitrogens with one attached hydrogen (secondary N) is 2. The van der Waals surface area contributed by atoms with E-state index in [0.717, 1.165) is 32.1 Å². The molecule has 1 rings (SSSR count). The summed E-state index contributed by atoms with van der Waals surface area (Å²) in [5, 5.41) is 16.0. The van der Waals surface area contributed by atoms with E-state index in [0.29, 0.717) is 24.1 Å². The number of alkyl carbamates (subject to hydrolysis) is 1. The molecule has 40 heavy (non-hydrogen) atoms. The van der Waals surface area contributed by atoms with Crippen LogP contribution in [0.15, 0.2) is 18.2 Å². The van der Waals surface area contributed by atoms with Crippen molar-refractivity contribution in [2.45, 2.75) is 137 Å². The van der Waals surface area contributed by atoms with Crippen LogP contribution < -0.4 is 10.6 Å². The quantitative estimate of drug-likeness (QED) is 0.217. The molecule has 8 heteroatoms. The van der Waals surface area contributed by atoms with E-state index >= 15 is 0 Å². The molecule has 0 saturated heterocycles. The second kappa shape index (κ2) is 15.9. The van der Waals surface area contributed by atoms with Crippen molar-refractivity contribution in [3.8, 4) is 5.75 Å². The zero-order valence-corrected chi connectivity index (χ0v) is 26.6. The Labute approximate surface area is 242 Å². The van der Waals surface area contributed by atoms with Crippen LogP contribution >= 0.6 is 0 Å². The lowest BCUT2D eigenvalue weighted by Gasteiger charge is -2.37. The molecule has 0 spiro atoms. The van der Waals surface area contributed by atoms with Gasteiger partial charge in [-0.2, -0.15) is 0 Å². The van der Waals surface area contributed by atoms with Gasteiger partial charge in [0.05, 0.1) is 0 Å². The molecule has 0 aromatic heterocycles. The van der Waals surface area contributed by atoms with Crippen LogP contribution in [0.2, 0.25) is 0 Å². The molecule has 0 aliphatic carbocycles. The summed E-state index contributed by atoms with van der Waals surface area (Å²) in [6.45, 7) is 19.2. The number of amides is 3. The fraction of sp³-hybridized carbons (Fsp3) is 0.719. The second-order valence-corrected chi connectivity index (χ2v) is 13.0. The molecule has 3 N–H and O–H groups in total. The number of carbonyl (C=O) groups is 3. The van der Waals surface area contributed by atoms with Crippen molar-refractivity contribution in [1.82, 2.24) is 15.5 Å².